The van der Waals surface area contributed by atoms with Gasteiger partial charge in [-0.15, -0.1) is 0 Å². The molecule has 0 N–H and O–H groups in total. The Morgan fingerprint density at radius 3 is 2.26 bits per heavy atom. The van der Waals surface area contributed by atoms with Crippen LogP contribution in [0.15, 0.2) is 24.3 Å². The topological polar surface area (TPSA) is 84.0 Å². The molecular formula is C22H31FN2O5S. The second kappa shape index (κ2) is 10.5. The molecule has 0 radical (unpaired) electrons. The highest BCUT2D eigenvalue weighted by molar-refractivity contribution is 7.88. The third kappa shape index (κ3) is 6.74. The molecule has 1 aromatic carbocycles. The van der Waals surface area contributed by atoms with Gasteiger partial charge in [-0.1, -0.05) is 31.4 Å². The van der Waals surface area contributed by atoms with Crippen LogP contribution in [0.2, 0.25) is 0 Å². The molecule has 0 unspecified atom stereocenters. The van der Waals surface area contributed by atoms with Gasteiger partial charge in [-0.05, 0) is 43.4 Å². The summed E-state index contributed by atoms with van der Waals surface area (Å²) in [7, 11) is -3.26. The minimum absolute atomic E-state index is 0.0861. The number of hydrogen-bond donors (Lipinski definition) is 0. The summed E-state index contributed by atoms with van der Waals surface area (Å²) in [4.78, 5) is 27.2. The molecular weight excluding hydrogens is 423 g/mol. The molecule has 0 atom stereocenters. The lowest BCUT2D eigenvalue weighted by molar-refractivity contribution is -0.157. The highest BCUT2D eigenvalue weighted by Crippen LogP contribution is 2.25. The summed E-state index contributed by atoms with van der Waals surface area (Å²) in [5.74, 6) is -1.42. The summed E-state index contributed by atoms with van der Waals surface area (Å²) < 4.78 is 43.2. The summed E-state index contributed by atoms with van der Waals surface area (Å²) in [6.45, 7) is 0.591. The largest absolute Gasteiger partial charge is 0.455 e. The van der Waals surface area contributed by atoms with Gasteiger partial charge in [0.25, 0.3) is 5.91 Å². The Bertz CT molecular complexity index is 860. The van der Waals surface area contributed by atoms with Crippen LogP contribution in [0.5, 0.6) is 0 Å². The molecule has 0 spiro atoms. The third-order valence-electron chi connectivity index (χ3n) is 6.20. The molecule has 0 aromatic heterocycles. The number of benzene rings is 1. The molecule has 172 valence electrons. The van der Waals surface area contributed by atoms with E-state index >= 15 is 0 Å². The smallest absolute Gasteiger partial charge is 0.309 e. The van der Waals surface area contributed by atoms with Gasteiger partial charge in [0, 0.05) is 25.7 Å². The number of nitrogens with zero attached hydrogens (tertiary/aromatic N) is 2. The first kappa shape index (κ1) is 23.7. The summed E-state index contributed by atoms with van der Waals surface area (Å²) >= 11 is 0. The van der Waals surface area contributed by atoms with Crippen LogP contribution in [-0.2, 0) is 30.9 Å². The van der Waals surface area contributed by atoms with Crippen molar-refractivity contribution >= 4 is 21.9 Å². The van der Waals surface area contributed by atoms with Gasteiger partial charge in [0.15, 0.2) is 6.61 Å². The number of carbonyl (C=O) groups is 2. The Hall–Kier alpha value is -2.00. The van der Waals surface area contributed by atoms with E-state index in [9.17, 15) is 22.4 Å². The molecule has 1 aliphatic carbocycles. The number of hydrogen-bond acceptors (Lipinski definition) is 5. The maximum atomic E-state index is 13.2. The minimum Gasteiger partial charge on any atom is -0.455 e. The van der Waals surface area contributed by atoms with E-state index in [4.69, 9.17) is 4.74 Å². The van der Waals surface area contributed by atoms with Crippen molar-refractivity contribution in [2.45, 2.75) is 57.5 Å². The van der Waals surface area contributed by atoms with Crippen molar-refractivity contribution < 1.29 is 27.1 Å². The predicted molar refractivity (Wildman–Crippen MR) is 114 cm³/mol. The van der Waals surface area contributed by atoms with Crippen molar-refractivity contribution in [2.75, 3.05) is 26.0 Å². The average molecular weight is 455 g/mol. The SMILES string of the molecule is CS(=O)(=O)N1CCC(C(=O)OCC(=O)N(Cc2ccc(F)cc2)C2CCCCC2)CC1. The monoisotopic (exact) mass is 454 g/mol. The molecule has 1 aliphatic heterocycles. The number of carbonyl (C=O) groups excluding carboxylic acids is 2. The molecule has 1 aromatic rings. The Morgan fingerprint density at radius 2 is 1.68 bits per heavy atom. The molecule has 3 rings (SSSR count). The van der Waals surface area contributed by atoms with Gasteiger partial charge in [0.2, 0.25) is 10.0 Å². The number of piperidine rings is 1. The van der Waals surface area contributed by atoms with Crippen LogP contribution in [-0.4, -0.2) is 61.5 Å². The fourth-order valence-corrected chi connectivity index (χ4v) is 5.23. The molecule has 0 bridgehead atoms. The van der Waals surface area contributed by atoms with E-state index in [2.05, 4.69) is 0 Å². The third-order valence-corrected chi connectivity index (χ3v) is 7.50. The zero-order valence-corrected chi connectivity index (χ0v) is 18.8. The van der Waals surface area contributed by atoms with Crippen LogP contribution in [0.3, 0.4) is 0 Å². The van der Waals surface area contributed by atoms with Gasteiger partial charge >= 0.3 is 5.97 Å². The van der Waals surface area contributed by atoms with E-state index in [1.165, 1.54) is 16.4 Å². The van der Waals surface area contributed by atoms with Crippen LogP contribution in [0.1, 0.15) is 50.5 Å². The first-order valence-electron chi connectivity index (χ1n) is 10.9. The highest BCUT2D eigenvalue weighted by Gasteiger charge is 2.31. The van der Waals surface area contributed by atoms with Crippen molar-refractivity contribution in [1.82, 2.24) is 9.21 Å². The van der Waals surface area contributed by atoms with Crippen LogP contribution in [0, 0.1) is 11.7 Å². The Labute approximate surface area is 183 Å². The normalized spacial score (nSPS) is 19.2. The second-order valence-corrected chi connectivity index (χ2v) is 10.5. The van der Waals surface area contributed by atoms with Gasteiger partial charge in [-0.25, -0.2) is 17.1 Å². The molecule has 9 heteroatoms. The molecule has 2 fully saturated rings. The van der Waals surface area contributed by atoms with Gasteiger partial charge in [-0.2, -0.15) is 0 Å². The number of esters is 1. The van der Waals surface area contributed by atoms with E-state index in [0.717, 1.165) is 43.9 Å². The summed E-state index contributed by atoms with van der Waals surface area (Å²) in [6, 6.07) is 6.17. The number of ether oxygens (including phenoxy) is 1. The molecule has 31 heavy (non-hydrogen) atoms. The van der Waals surface area contributed by atoms with Crippen molar-refractivity contribution in [1.29, 1.82) is 0 Å². The van der Waals surface area contributed by atoms with Crippen molar-refractivity contribution in [3.05, 3.63) is 35.6 Å². The maximum absolute atomic E-state index is 13.2. The first-order chi connectivity index (χ1) is 14.7. The van der Waals surface area contributed by atoms with Crippen molar-refractivity contribution in [3.8, 4) is 0 Å². The lowest BCUT2D eigenvalue weighted by Gasteiger charge is -2.34. The summed E-state index contributed by atoms with van der Waals surface area (Å²) in [6.07, 6.45) is 7.01. The Kier molecular flexibility index (Phi) is 8.05. The number of amides is 1. The predicted octanol–water partition coefficient (Wildman–Crippen LogP) is 2.70. The van der Waals surface area contributed by atoms with Gasteiger partial charge in [-0.3, -0.25) is 9.59 Å². The Balaban J connectivity index is 1.57. The van der Waals surface area contributed by atoms with Gasteiger partial charge in [0.1, 0.15) is 5.82 Å². The van der Waals surface area contributed by atoms with E-state index < -0.39 is 21.9 Å². The van der Waals surface area contributed by atoms with E-state index in [0.29, 0.717) is 19.4 Å². The number of rotatable bonds is 7. The van der Waals surface area contributed by atoms with Crippen LogP contribution in [0.25, 0.3) is 0 Å². The van der Waals surface area contributed by atoms with Crippen molar-refractivity contribution in [2.24, 2.45) is 5.92 Å². The van der Waals surface area contributed by atoms with Crippen LogP contribution < -0.4 is 0 Å². The quantitative estimate of drug-likeness (QED) is 0.592. The Morgan fingerprint density at radius 1 is 1.06 bits per heavy atom. The minimum atomic E-state index is -3.26. The van der Waals surface area contributed by atoms with Crippen LogP contribution in [0.4, 0.5) is 4.39 Å². The fourth-order valence-electron chi connectivity index (χ4n) is 4.36. The number of halogens is 1. The molecule has 1 amide bonds. The first-order valence-corrected chi connectivity index (χ1v) is 12.7. The molecule has 2 aliphatic rings. The second-order valence-electron chi connectivity index (χ2n) is 8.48. The summed E-state index contributed by atoms with van der Waals surface area (Å²) in [5, 5.41) is 0. The van der Waals surface area contributed by atoms with E-state index in [-0.39, 0.29) is 37.5 Å². The average Bonchev–Trinajstić information content (AvgIpc) is 2.77. The summed E-state index contributed by atoms with van der Waals surface area (Å²) in [5.41, 5.74) is 0.833. The maximum Gasteiger partial charge on any atom is 0.309 e. The van der Waals surface area contributed by atoms with Gasteiger partial charge < -0.3 is 9.64 Å². The molecule has 1 saturated carbocycles. The van der Waals surface area contributed by atoms with Crippen molar-refractivity contribution in [3.63, 3.8) is 0 Å². The standard InChI is InChI=1S/C22H31FN2O5S/c1-31(28,29)24-13-11-18(12-14-24)22(27)30-16-21(26)25(20-5-3-2-4-6-20)15-17-7-9-19(23)10-8-17/h7-10,18,20H,2-6,11-16H2,1H3. The zero-order valence-electron chi connectivity index (χ0n) is 18.0. The molecule has 1 heterocycles. The fraction of sp³-hybridized carbons (Fsp3) is 0.636. The van der Waals surface area contributed by atoms with Gasteiger partial charge in [0.05, 0.1) is 12.2 Å². The van der Waals surface area contributed by atoms with Crippen LogP contribution >= 0.6 is 0 Å². The number of sulfonamides is 1. The van der Waals surface area contributed by atoms with E-state index in [1.807, 2.05) is 0 Å². The molecule has 7 nitrogen and oxygen atoms in total. The lowest BCUT2D eigenvalue weighted by Crippen LogP contribution is -2.44. The highest BCUT2D eigenvalue weighted by atomic mass is 32.2. The molecule has 1 saturated heterocycles. The zero-order chi connectivity index (χ0) is 22.4. The lowest BCUT2D eigenvalue weighted by atomic mass is 9.93. The van der Waals surface area contributed by atoms with E-state index in [1.54, 1.807) is 17.0 Å².